The quantitative estimate of drug-likeness (QED) is 0.534. The molecular formula is C25H21ClN2O4. The third-order valence-electron chi connectivity index (χ3n) is 5.23. The molecule has 3 aromatic carbocycles. The number of imide groups is 1. The Morgan fingerprint density at radius 3 is 1.97 bits per heavy atom. The highest BCUT2D eigenvalue weighted by atomic mass is 35.5. The monoisotopic (exact) mass is 448 g/mol. The van der Waals surface area contributed by atoms with Crippen molar-refractivity contribution in [3.63, 3.8) is 0 Å². The number of benzene rings is 3. The predicted octanol–water partition coefficient (Wildman–Crippen LogP) is 5.06. The Morgan fingerprint density at radius 2 is 1.41 bits per heavy atom. The zero-order valence-electron chi connectivity index (χ0n) is 17.8. The van der Waals surface area contributed by atoms with Crippen LogP contribution in [0.2, 0.25) is 5.02 Å². The van der Waals surface area contributed by atoms with Crippen LogP contribution < -0.4 is 19.7 Å². The van der Waals surface area contributed by atoms with Gasteiger partial charge >= 0.3 is 0 Å². The summed E-state index contributed by atoms with van der Waals surface area (Å²) in [5.41, 5.74) is 3.02. The lowest BCUT2D eigenvalue weighted by Gasteiger charge is -2.16. The van der Waals surface area contributed by atoms with Crippen molar-refractivity contribution in [3.05, 3.63) is 88.6 Å². The average molecular weight is 449 g/mol. The van der Waals surface area contributed by atoms with Crippen LogP contribution in [0, 0.1) is 6.92 Å². The van der Waals surface area contributed by atoms with Crippen molar-refractivity contribution in [2.24, 2.45) is 0 Å². The maximum atomic E-state index is 13.5. The number of hydrogen-bond acceptors (Lipinski definition) is 5. The van der Waals surface area contributed by atoms with Crippen LogP contribution in [0.1, 0.15) is 11.1 Å². The molecule has 0 atom stereocenters. The van der Waals surface area contributed by atoms with E-state index in [2.05, 4.69) is 5.32 Å². The van der Waals surface area contributed by atoms with E-state index in [0.717, 1.165) is 10.5 Å². The Kier molecular flexibility index (Phi) is 5.88. The summed E-state index contributed by atoms with van der Waals surface area (Å²) < 4.78 is 10.4. The summed E-state index contributed by atoms with van der Waals surface area (Å²) in [7, 11) is 3.12. The summed E-state index contributed by atoms with van der Waals surface area (Å²) in [6, 6.07) is 19.1. The molecule has 6 nitrogen and oxygen atoms in total. The second-order valence-electron chi connectivity index (χ2n) is 7.21. The molecule has 32 heavy (non-hydrogen) atoms. The van der Waals surface area contributed by atoms with Crippen molar-refractivity contribution in [2.45, 2.75) is 6.92 Å². The van der Waals surface area contributed by atoms with Gasteiger partial charge in [0.25, 0.3) is 11.8 Å². The number of rotatable bonds is 6. The van der Waals surface area contributed by atoms with Crippen molar-refractivity contribution >= 4 is 40.4 Å². The minimum absolute atomic E-state index is 0.177. The van der Waals surface area contributed by atoms with E-state index in [9.17, 15) is 9.59 Å². The number of hydrogen-bond donors (Lipinski definition) is 1. The van der Waals surface area contributed by atoms with E-state index >= 15 is 0 Å². The maximum absolute atomic E-state index is 13.5. The standard InChI is InChI=1S/C25H21ClN2O4/c1-15-4-7-17(14-21(15)26)27-23-22(16-5-10-19(31-2)11-6-16)24(29)28(25(23)30)18-8-12-20(32-3)13-9-18/h4-14,27H,1-3H3. The number of methoxy groups -OCH3 is 2. The van der Waals surface area contributed by atoms with E-state index in [1.54, 1.807) is 68.8 Å². The molecule has 0 aromatic heterocycles. The van der Waals surface area contributed by atoms with Crippen LogP contribution in [0.15, 0.2) is 72.4 Å². The first-order valence-electron chi connectivity index (χ1n) is 9.87. The number of anilines is 2. The highest BCUT2D eigenvalue weighted by molar-refractivity contribution is 6.46. The van der Waals surface area contributed by atoms with Crippen LogP contribution in [-0.4, -0.2) is 26.0 Å². The molecular weight excluding hydrogens is 428 g/mol. The van der Waals surface area contributed by atoms with Crippen molar-refractivity contribution in [3.8, 4) is 11.5 Å². The van der Waals surface area contributed by atoms with Gasteiger partial charge in [-0.3, -0.25) is 9.59 Å². The molecule has 162 valence electrons. The molecule has 7 heteroatoms. The van der Waals surface area contributed by atoms with E-state index in [1.807, 2.05) is 19.1 Å². The molecule has 2 amide bonds. The van der Waals surface area contributed by atoms with Crippen molar-refractivity contribution in [1.29, 1.82) is 0 Å². The first kappa shape index (κ1) is 21.5. The molecule has 0 fully saturated rings. The van der Waals surface area contributed by atoms with Gasteiger partial charge in [-0.25, -0.2) is 4.90 Å². The smallest absolute Gasteiger partial charge is 0.282 e. The average Bonchev–Trinajstić information content (AvgIpc) is 3.05. The summed E-state index contributed by atoms with van der Waals surface area (Å²) in [5.74, 6) is 0.399. The fraction of sp³-hybridized carbons (Fsp3) is 0.120. The van der Waals surface area contributed by atoms with E-state index in [1.165, 1.54) is 0 Å². The Hall–Kier alpha value is -3.77. The van der Waals surface area contributed by atoms with E-state index in [4.69, 9.17) is 21.1 Å². The Labute approximate surface area is 191 Å². The van der Waals surface area contributed by atoms with Crippen LogP contribution in [-0.2, 0) is 9.59 Å². The summed E-state index contributed by atoms with van der Waals surface area (Å²) in [6.07, 6.45) is 0. The van der Waals surface area contributed by atoms with Gasteiger partial charge in [0.15, 0.2) is 0 Å². The zero-order chi connectivity index (χ0) is 22.8. The minimum atomic E-state index is -0.456. The fourth-order valence-electron chi connectivity index (χ4n) is 3.45. The van der Waals surface area contributed by atoms with E-state index in [0.29, 0.717) is 33.5 Å². The lowest BCUT2D eigenvalue weighted by Crippen LogP contribution is -2.32. The van der Waals surface area contributed by atoms with Crippen LogP contribution in [0.25, 0.3) is 5.57 Å². The van der Waals surface area contributed by atoms with Crippen LogP contribution in [0.5, 0.6) is 11.5 Å². The van der Waals surface area contributed by atoms with Gasteiger partial charge in [-0.05, 0) is 66.6 Å². The van der Waals surface area contributed by atoms with Crippen LogP contribution >= 0.6 is 11.6 Å². The summed E-state index contributed by atoms with van der Waals surface area (Å²) in [5, 5.41) is 3.68. The SMILES string of the molecule is COc1ccc(C2=C(Nc3ccc(C)c(Cl)c3)C(=O)N(c3ccc(OC)cc3)C2=O)cc1. The summed E-state index contributed by atoms with van der Waals surface area (Å²) in [4.78, 5) is 28.0. The van der Waals surface area contributed by atoms with Crippen LogP contribution in [0.3, 0.4) is 0 Å². The van der Waals surface area contributed by atoms with E-state index in [-0.39, 0.29) is 11.3 Å². The molecule has 0 radical (unpaired) electrons. The highest BCUT2D eigenvalue weighted by Gasteiger charge is 2.40. The normalized spacial score (nSPS) is 13.6. The third-order valence-corrected chi connectivity index (χ3v) is 5.64. The van der Waals surface area contributed by atoms with Gasteiger partial charge in [0.05, 0.1) is 25.5 Å². The Morgan fingerprint density at radius 1 is 0.812 bits per heavy atom. The number of aryl methyl sites for hydroxylation is 1. The van der Waals surface area contributed by atoms with Crippen LogP contribution in [0.4, 0.5) is 11.4 Å². The molecule has 1 N–H and O–H groups in total. The van der Waals surface area contributed by atoms with Gasteiger partial charge in [-0.15, -0.1) is 0 Å². The first-order chi connectivity index (χ1) is 15.4. The Bertz CT molecular complexity index is 1220. The molecule has 0 saturated heterocycles. The number of nitrogens with one attached hydrogen (secondary N) is 1. The summed E-state index contributed by atoms with van der Waals surface area (Å²) >= 11 is 6.26. The second-order valence-corrected chi connectivity index (χ2v) is 7.62. The van der Waals surface area contributed by atoms with Crippen molar-refractivity contribution in [2.75, 3.05) is 24.4 Å². The number of carbonyl (C=O) groups is 2. The molecule has 1 aliphatic rings. The maximum Gasteiger partial charge on any atom is 0.282 e. The molecule has 0 unspecified atom stereocenters. The van der Waals surface area contributed by atoms with Gasteiger partial charge in [0, 0.05) is 10.7 Å². The van der Waals surface area contributed by atoms with Gasteiger partial charge in [0.1, 0.15) is 17.2 Å². The predicted molar refractivity (Wildman–Crippen MR) is 125 cm³/mol. The largest absolute Gasteiger partial charge is 0.497 e. The highest BCUT2D eigenvalue weighted by Crippen LogP contribution is 2.35. The second kappa shape index (κ2) is 8.77. The zero-order valence-corrected chi connectivity index (χ0v) is 18.6. The van der Waals surface area contributed by atoms with Crippen molar-refractivity contribution < 1.29 is 19.1 Å². The lowest BCUT2D eigenvalue weighted by atomic mass is 10.0. The fourth-order valence-corrected chi connectivity index (χ4v) is 3.63. The molecule has 0 bridgehead atoms. The molecule has 4 rings (SSSR count). The van der Waals surface area contributed by atoms with Gasteiger partial charge in [-0.2, -0.15) is 0 Å². The first-order valence-corrected chi connectivity index (χ1v) is 10.3. The van der Waals surface area contributed by atoms with Gasteiger partial charge < -0.3 is 14.8 Å². The lowest BCUT2D eigenvalue weighted by molar-refractivity contribution is -0.120. The molecule has 0 saturated carbocycles. The number of ether oxygens (including phenoxy) is 2. The van der Waals surface area contributed by atoms with Gasteiger partial charge in [-0.1, -0.05) is 29.8 Å². The molecule has 1 heterocycles. The van der Waals surface area contributed by atoms with Gasteiger partial charge in [0.2, 0.25) is 0 Å². The third kappa shape index (κ3) is 3.92. The molecule has 3 aromatic rings. The van der Waals surface area contributed by atoms with E-state index < -0.39 is 11.8 Å². The number of halogens is 1. The molecule has 1 aliphatic heterocycles. The number of carbonyl (C=O) groups excluding carboxylic acids is 2. The number of nitrogens with zero attached hydrogens (tertiary/aromatic N) is 1. The Balaban J connectivity index is 1.79. The minimum Gasteiger partial charge on any atom is -0.497 e. The van der Waals surface area contributed by atoms with Crippen molar-refractivity contribution in [1.82, 2.24) is 0 Å². The topological polar surface area (TPSA) is 67.9 Å². The summed E-state index contributed by atoms with van der Waals surface area (Å²) in [6.45, 7) is 1.89. The number of amides is 2. The molecule has 0 spiro atoms. The molecule has 0 aliphatic carbocycles.